The zero-order chi connectivity index (χ0) is 12.1. The predicted octanol–water partition coefficient (Wildman–Crippen LogP) is 3.86. The van der Waals surface area contributed by atoms with Crippen LogP contribution in [0.5, 0.6) is 0 Å². The van der Waals surface area contributed by atoms with Crippen LogP contribution in [0, 0.1) is 5.92 Å². The van der Waals surface area contributed by atoms with Gasteiger partial charge in [-0.2, -0.15) is 5.90 Å². The van der Waals surface area contributed by atoms with E-state index in [1.165, 1.54) is 24.0 Å². The third-order valence-electron chi connectivity index (χ3n) is 3.17. The van der Waals surface area contributed by atoms with Crippen LogP contribution in [0.4, 0.5) is 0 Å². The van der Waals surface area contributed by atoms with Crippen molar-refractivity contribution in [3.63, 3.8) is 0 Å². The highest BCUT2D eigenvalue weighted by Gasteiger charge is 2.18. The summed E-state index contributed by atoms with van der Waals surface area (Å²) in [4.78, 5) is 5.05. The quantitative estimate of drug-likeness (QED) is 0.580. The third kappa shape index (κ3) is 2.99. The van der Waals surface area contributed by atoms with Crippen molar-refractivity contribution in [3.05, 3.63) is 35.1 Å². The topological polar surface area (TPSA) is 35.2 Å². The number of hydrogen-bond acceptors (Lipinski definition) is 2. The van der Waals surface area contributed by atoms with Gasteiger partial charge >= 0.3 is 0 Å². The number of rotatable bonds is 3. The summed E-state index contributed by atoms with van der Waals surface area (Å²) in [6.45, 7) is 10.3. The number of allylic oxidation sites excluding steroid dienone is 4. The minimum Gasteiger partial charge on any atom is -0.411 e. The van der Waals surface area contributed by atoms with Gasteiger partial charge in [-0.3, -0.25) is 0 Å². The highest BCUT2D eigenvalue weighted by Crippen LogP contribution is 2.33. The van der Waals surface area contributed by atoms with Gasteiger partial charge in [-0.25, -0.2) is 0 Å². The summed E-state index contributed by atoms with van der Waals surface area (Å²) in [6.07, 6.45) is 6.55. The lowest BCUT2D eigenvalue weighted by molar-refractivity contribution is 0.223. The Bertz CT molecular complexity index is 322. The molecular weight excluding hydrogens is 198 g/mol. The van der Waals surface area contributed by atoms with Crippen LogP contribution in [0.2, 0.25) is 0 Å². The Labute approximate surface area is 98.8 Å². The highest BCUT2D eigenvalue weighted by molar-refractivity contribution is 5.39. The van der Waals surface area contributed by atoms with Crippen LogP contribution in [0.1, 0.15) is 46.5 Å². The molecule has 0 bridgehead atoms. The predicted molar refractivity (Wildman–Crippen MR) is 68.5 cm³/mol. The summed E-state index contributed by atoms with van der Waals surface area (Å²) in [5.74, 6) is 6.96. The molecule has 0 heterocycles. The van der Waals surface area contributed by atoms with Crippen molar-refractivity contribution in [2.24, 2.45) is 11.8 Å². The maximum absolute atomic E-state index is 5.38. The molecule has 0 amide bonds. The molecule has 0 spiro atoms. The van der Waals surface area contributed by atoms with E-state index in [4.69, 9.17) is 10.7 Å². The van der Waals surface area contributed by atoms with Crippen molar-refractivity contribution >= 4 is 0 Å². The molecule has 0 saturated heterocycles. The first-order valence-electron chi connectivity index (χ1n) is 5.99. The van der Waals surface area contributed by atoms with Crippen LogP contribution < -0.4 is 5.90 Å². The first kappa shape index (κ1) is 13.0. The standard InChI is InChI=1S/C14H23NO/c1-5-12-9-11(4)7-6-8-13(12)14(16-15)10(2)3/h5,11H,1,6-9,15H2,2-4H3. The van der Waals surface area contributed by atoms with Crippen LogP contribution in [-0.2, 0) is 4.84 Å². The summed E-state index contributed by atoms with van der Waals surface area (Å²) in [5.41, 5.74) is 3.68. The zero-order valence-electron chi connectivity index (χ0n) is 10.7. The molecule has 2 N–H and O–H groups in total. The summed E-state index contributed by atoms with van der Waals surface area (Å²) in [7, 11) is 0. The number of hydrogen-bond donors (Lipinski definition) is 1. The molecule has 0 fully saturated rings. The maximum atomic E-state index is 5.38. The van der Waals surface area contributed by atoms with Gasteiger partial charge in [0.25, 0.3) is 0 Å². The van der Waals surface area contributed by atoms with E-state index >= 15 is 0 Å². The molecule has 2 heteroatoms. The van der Waals surface area contributed by atoms with E-state index in [9.17, 15) is 0 Å². The van der Waals surface area contributed by atoms with Crippen LogP contribution in [0.25, 0.3) is 0 Å². The smallest absolute Gasteiger partial charge is 0.148 e. The molecular formula is C14H23NO. The largest absolute Gasteiger partial charge is 0.411 e. The maximum Gasteiger partial charge on any atom is 0.148 e. The SMILES string of the molecule is C=CC1=C(C(ON)=C(C)C)CCCC(C)C1. The van der Waals surface area contributed by atoms with Gasteiger partial charge in [0.05, 0.1) is 0 Å². The molecule has 0 aromatic heterocycles. The Kier molecular flexibility index (Phi) is 4.81. The van der Waals surface area contributed by atoms with Crippen molar-refractivity contribution in [3.8, 4) is 0 Å². The fourth-order valence-corrected chi connectivity index (χ4v) is 2.35. The molecule has 0 radical (unpaired) electrons. The van der Waals surface area contributed by atoms with Crippen LogP contribution in [0.3, 0.4) is 0 Å². The van der Waals surface area contributed by atoms with Gasteiger partial charge in [0.1, 0.15) is 5.76 Å². The van der Waals surface area contributed by atoms with E-state index in [0.717, 1.165) is 30.1 Å². The average Bonchev–Trinajstić information content (AvgIpc) is 2.41. The molecule has 0 aromatic carbocycles. The van der Waals surface area contributed by atoms with E-state index in [1.54, 1.807) is 0 Å². The van der Waals surface area contributed by atoms with E-state index < -0.39 is 0 Å². The molecule has 90 valence electrons. The van der Waals surface area contributed by atoms with E-state index in [1.807, 2.05) is 19.9 Å². The molecule has 1 rings (SSSR count). The summed E-state index contributed by atoms with van der Waals surface area (Å²) >= 11 is 0. The summed E-state index contributed by atoms with van der Waals surface area (Å²) in [5, 5.41) is 0. The molecule has 2 nitrogen and oxygen atoms in total. The minimum atomic E-state index is 0.724. The highest BCUT2D eigenvalue weighted by atomic mass is 16.6. The van der Waals surface area contributed by atoms with Gasteiger partial charge in [-0.1, -0.05) is 26.0 Å². The van der Waals surface area contributed by atoms with Crippen molar-refractivity contribution in [2.75, 3.05) is 0 Å². The van der Waals surface area contributed by atoms with Crippen molar-refractivity contribution < 1.29 is 4.84 Å². The fraction of sp³-hybridized carbons (Fsp3) is 0.571. The first-order valence-corrected chi connectivity index (χ1v) is 5.99. The lowest BCUT2D eigenvalue weighted by Gasteiger charge is -2.14. The normalized spacial score (nSPS) is 21.4. The van der Waals surface area contributed by atoms with Gasteiger partial charge < -0.3 is 4.84 Å². The molecule has 1 aliphatic carbocycles. The fourth-order valence-electron chi connectivity index (χ4n) is 2.35. The average molecular weight is 221 g/mol. The van der Waals surface area contributed by atoms with Crippen LogP contribution in [0.15, 0.2) is 35.1 Å². The molecule has 1 unspecified atom stereocenters. The molecule has 0 saturated carbocycles. The Balaban J connectivity index is 3.13. The van der Waals surface area contributed by atoms with Crippen molar-refractivity contribution in [1.82, 2.24) is 0 Å². The van der Waals surface area contributed by atoms with Crippen molar-refractivity contribution in [1.29, 1.82) is 0 Å². The number of nitrogens with two attached hydrogens (primary N) is 1. The minimum absolute atomic E-state index is 0.724. The summed E-state index contributed by atoms with van der Waals surface area (Å²) in [6, 6.07) is 0. The molecule has 1 aliphatic rings. The Hall–Kier alpha value is -1.02. The molecule has 0 aliphatic heterocycles. The monoisotopic (exact) mass is 221 g/mol. The third-order valence-corrected chi connectivity index (χ3v) is 3.17. The van der Waals surface area contributed by atoms with E-state index in [0.29, 0.717) is 0 Å². The molecule has 1 atom stereocenters. The second-order valence-electron chi connectivity index (χ2n) is 4.86. The van der Waals surface area contributed by atoms with Gasteiger partial charge in [0.2, 0.25) is 0 Å². The van der Waals surface area contributed by atoms with E-state index in [2.05, 4.69) is 13.5 Å². The van der Waals surface area contributed by atoms with Crippen LogP contribution >= 0.6 is 0 Å². The van der Waals surface area contributed by atoms with Gasteiger partial charge in [-0.15, -0.1) is 0 Å². The molecule has 16 heavy (non-hydrogen) atoms. The van der Waals surface area contributed by atoms with Crippen LogP contribution in [-0.4, -0.2) is 0 Å². The Morgan fingerprint density at radius 1 is 1.50 bits per heavy atom. The van der Waals surface area contributed by atoms with E-state index in [-0.39, 0.29) is 0 Å². The second kappa shape index (κ2) is 5.90. The van der Waals surface area contributed by atoms with Gasteiger partial charge in [-0.05, 0) is 55.7 Å². The Morgan fingerprint density at radius 3 is 2.69 bits per heavy atom. The zero-order valence-corrected chi connectivity index (χ0v) is 10.7. The van der Waals surface area contributed by atoms with Gasteiger partial charge in [0, 0.05) is 0 Å². The first-order chi connectivity index (χ1) is 7.60. The second-order valence-corrected chi connectivity index (χ2v) is 4.86. The lowest BCUT2D eigenvalue weighted by atomic mass is 9.97. The molecule has 0 aromatic rings. The van der Waals surface area contributed by atoms with Crippen molar-refractivity contribution in [2.45, 2.75) is 46.5 Å². The Morgan fingerprint density at radius 2 is 2.19 bits per heavy atom. The summed E-state index contributed by atoms with van der Waals surface area (Å²) < 4.78 is 0. The lowest BCUT2D eigenvalue weighted by Crippen LogP contribution is -2.06. The van der Waals surface area contributed by atoms with Gasteiger partial charge in [0.15, 0.2) is 0 Å².